The topological polar surface area (TPSA) is 55.1 Å². The van der Waals surface area contributed by atoms with Crippen LogP contribution in [0, 0.1) is 0 Å². The molecular weight excluding hydrogens is 192 g/mol. The molecule has 0 saturated heterocycles. The minimum absolute atomic E-state index is 0.139. The highest BCUT2D eigenvalue weighted by Crippen LogP contribution is 2.40. The van der Waals surface area contributed by atoms with Crippen molar-refractivity contribution in [2.24, 2.45) is 0 Å². The third-order valence-corrected chi connectivity index (χ3v) is 2.73. The Morgan fingerprint density at radius 1 is 1.73 bits per heavy atom. The van der Waals surface area contributed by atoms with E-state index in [1.165, 1.54) is 0 Å². The molecule has 1 fully saturated rings. The number of amides is 1. The lowest BCUT2D eigenvalue weighted by Crippen LogP contribution is -2.32. The van der Waals surface area contributed by atoms with Crippen LogP contribution in [0.3, 0.4) is 0 Å². The Balaban J connectivity index is 1.98. The van der Waals surface area contributed by atoms with Gasteiger partial charge in [0.15, 0.2) is 5.69 Å². The van der Waals surface area contributed by atoms with Crippen LogP contribution in [0.1, 0.15) is 55.3 Å². The molecule has 2 rings (SSSR count). The molecule has 0 radical (unpaired) electrons. The first-order valence-electron chi connectivity index (χ1n) is 5.48. The molecule has 0 aromatic carbocycles. The number of nitrogens with one attached hydrogen (secondary N) is 1. The van der Waals surface area contributed by atoms with Crippen LogP contribution in [0.15, 0.2) is 10.6 Å². The van der Waals surface area contributed by atoms with Gasteiger partial charge in [0.2, 0.25) is 0 Å². The average Bonchev–Trinajstić information content (AvgIpc) is 2.96. The molecule has 4 heteroatoms. The summed E-state index contributed by atoms with van der Waals surface area (Å²) < 4.78 is 5.11. The Labute approximate surface area is 89.0 Å². The second kappa shape index (κ2) is 4.04. The minimum Gasteiger partial charge on any atom is -0.360 e. The van der Waals surface area contributed by atoms with Crippen molar-refractivity contribution in [2.75, 3.05) is 0 Å². The zero-order valence-corrected chi connectivity index (χ0v) is 9.12. The highest BCUT2D eigenvalue weighted by Gasteiger charge is 2.28. The van der Waals surface area contributed by atoms with Gasteiger partial charge in [0.05, 0.1) is 0 Å². The van der Waals surface area contributed by atoms with E-state index in [0.717, 1.165) is 25.0 Å². The predicted molar refractivity (Wildman–Crippen MR) is 55.7 cm³/mol. The van der Waals surface area contributed by atoms with Gasteiger partial charge in [-0.05, 0) is 26.2 Å². The number of carbonyl (C=O) groups excluding carboxylic acids is 1. The maximum absolute atomic E-state index is 11.6. The average molecular weight is 208 g/mol. The van der Waals surface area contributed by atoms with E-state index >= 15 is 0 Å². The number of aromatic nitrogens is 1. The summed E-state index contributed by atoms with van der Waals surface area (Å²) in [6.45, 7) is 4.00. The maximum Gasteiger partial charge on any atom is 0.273 e. The normalized spacial score (nSPS) is 17.5. The van der Waals surface area contributed by atoms with Gasteiger partial charge in [0, 0.05) is 18.0 Å². The Kier molecular flexibility index (Phi) is 2.75. The van der Waals surface area contributed by atoms with Crippen molar-refractivity contribution in [3.63, 3.8) is 0 Å². The molecule has 1 amide bonds. The van der Waals surface area contributed by atoms with Crippen molar-refractivity contribution in [3.05, 3.63) is 17.5 Å². The number of hydrogen-bond donors (Lipinski definition) is 1. The second-order valence-corrected chi connectivity index (χ2v) is 4.17. The molecule has 0 spiro atoms. The molecular formula is C11H16N2O2. The molecule has 82 valence electrons. The van der Waals surface area contributed by atoms with Gasteiger partial charge in [0.1, 0.15) is 5.76 Å². The molecule has 0 aliphatic heterocycles. The van der Waals surface area contributed by atoms with Crippen LogP contribution in [0.2, 0.25) is 0 Å². The fraction of sp³-hybridized carbons (Fsp3) is 0.636. The SMILES string of the molecule is CCC(C)NC(=O)c1cc(C2CC2)on1. The van der Waals surface area contributed by atoms with Gasteiger partial charge in [-0.3, -0.25) is 4.79 Å². The summed E-state index contributed by atoms with van der Waals surface area (Å²) in [7, 11) is 0. The summed E-state index contributed by atoms with van der Waals surface area (Å²) in [5, 5.41) is 6.63. The summed E-state index contributed by atoms with van der Waals surface area (Å²) in [5.74, 6) is 1.21. The standard InChI is InChI=1S/C11H16N2O2/c1-3-7(2)12-11(14)9-6-10(15-13-9)8-4-5-8/h6-8H,3-5H2,1-2H3,(H,12,14). The monoisotopic (exact) mass is 208 g/mol. The predicted octanol–water partition coefficient (Wildman–Crippen LogP) is 2.08. The van der Waals surface area contributed by atoms with E-state index in [1.54, 1.807) is 6.07 Å². The third kappa shape index (κ3) is 2.37. The van der Waals surface area contributed by atoms with Crippen molar-refractivity contribution in [3.8, 4) is 0 Å². The van der Waals surface area contributed by atoms with Crippen molar-refractivity contribution in [1.82, 2.24) is 10.5 Å². The van der Waals surface area contributed by atoms with Crippen molar-refractivity contribution in [1.29, 1.82) is 0 Å². The fourth-order valence-electron chi connectivity index (χ4n) is 1.36. The molecule has 1 atom stereocenters. The number of nitrogens with zero attached hydrogens (tertiary/aromatic N) is 1. The van der Waals surface area contributed by atoms with Gasteiger partial charge in [-0.25, -0.2) is 0 Å². The minimum atomic E-state index is -0.139. The van der Waals surface area contributed by atoms with Gasteiger partial charge in [0.25, 0.3) is 5.91 Å². The molecule has 1 aliphatic carbocycles. The van der Waals surface area contributed by atoms with Crippen LogP contribution < -0.4 is 5.32 Å². The maximum atomic E-state index is 11.6. The smallest absolute Gasteiger partial charge is 0.273 e. The molecule has 1 aliphatic rings. The third-order valence-electron chi connectivity index (χ3n) is 2.73. The van der Waals surface area contributed by atoms with Gasteiger partial charge in [-0.1, -0.05) is 12.1 Å². The van der Waals surface area contributed by atoms with Crippen molar-refractivity contribution < 1.29 is 9.32 Å². The van der Waals surface area contributed by atoms with E-state index in [0.29, 0.717) is 11.6 Å². The summed E-state index contributed by atoms with van der Waals surface area (Å²) in [6.07, 6.45) is 3.22. The second-order valence-electron chi connectivity index (χ2n) is 4.17. The van der Waals surface area contributed by atoms with Gasteiger partial charge in [-0.2, -0.15) is 0 Å². The van der Waals surface area contributed by atoms with Crippen LogP contribution in [0.4, 0.5) is 0 Å². The molecule has 15 heavy (non-hydrogen) atoms. The van der Waals surface area contributed by atoms with Crippen molar-refractivity contribution >= 4 is 5.91 Å². The summed E-state index contributed by atoms with van der Waals surface area (Å²) >= 11 is 0. The van der Waals surface area contributed by atoms with E-state index < -0.39 is 0 Å². The van der Waals surface area contributed by atoms with E-state index in [9.17, 15) is 4.79 Å². The zero-order valence-electron chi connectivity index (χ0n) is 9.12. The van der Waals surface area contributed by atoms with Gasteiger partial charge < -0.3 is 9.84 Å². The molecule has 4 nitrogen and oxygen atoms in total. The molecule has 0 bridgehead atoms. The molecule has 1 aromatic rings. The number of carbonyl (C=O) groups is 1. The Hall–Kier alpha value is -1.32. The van der Waals surface area contributed by atoms with Crippen LogP contribution in [-0.4, -0.2) is 17.1 Å². The first kappa shape index (κ1) is 10.2. The van der Waals surface area contributed by atoms with Crippen LogP contribution in [0.25, 0.3) is 0 Å². The lowest BCUT2D eigenvalue weighted by molar-refractivity contribution is 0.0930. The molecule has 1 heterocycles. The van der Waals surface area contributed by atoms with E-state index in [1.807, 2.05) is 13.8 Å². The summed E-state index contributed by atoms with van der Waals surface area (Å²) in [4.78, 5) is 11.6. The van der Waals surface area contributed by atoms with E-state index in [2.05, 4.69) is 10.5 Å². The summed E-state index contributed by atoms with van der Waals surface area (Å²) in [6, 6.07) is 1.94. The highest BCUT2D eigenvalue weighted by molar-refractivity contribution is 5.92. The largest absolute Gasteiger partial charge is 0.360 e. The lowest BCUT2D eigenvalue weighted by Gasteiger charge is -2.08. The molecule has 1 unspecified atom stereocenters. The van der Waals surface area contributed by atoms with E-state index in [-0.39, 0.29) is 11.9 Å². The quantitative estimate of drug-likeness (QED) is 0.824. The Morgan fingerprint density at radius 3 is 3.07 bits per heavy atom. The zero-order chi connectivity index (χ0) is 10.8. The van der Waals surface area contributed by atoms with Crippen molar-refractivity contribution in [2.45, 2.75) is 45.1 Å². The van der Waals surface area contributed by atoms with Crippen LogP contribution in [0.5, 0.6) is 0 Å². The first-order valence-corrected chi connectivity index (χ1v) is 5.48. The molecule has 1 aromatic heterocycles. The van der Waals surface area contributed by atoms with Crippen LogP contribution >= 0.6 is 0 Å². The van der Waals surface area contributed by atoms with Gasteiger partial charge >= 0.3 is 0 Å². The molecule has 1 N–H and O–H groups in total. The van der Waals surface area contributed by atoms with E-state index in [4.69, 9.17) is 4.52 Å². The lowest BCUT2D eigenvalue weighted by atomic mass is 10.2. The Morgan fingerprint density at radius 2 is 2.47 bits per heavy atom. The summed E-state index contributed by atoms with van der Waals surface area (Å²) in [5.41, 5.74) is 0.400. The van der Waals surface area contributed by atoms with Gasteiger partial charge in [-0.15, -0.1) is 0 Å². The molecule has 1 saturated carbocycles. The number of hydrogen-bond acceptors (Lipinski definition) is 3. The Bertz CT molecular complexity index is 355. The van der Waals surface area contributed by atoms with Crippen LogP contribution in [-0.2, 0) is 0 Å². The fourth-order valence-corrected chi connectivity index (χ4v) is 1.36. The number of rotatable bonds is 4. The highest BCUT2D eigenvalue weighted by atomic mass is 16.5. The first-order chi connectivity index (χ1) is 7.20.